The molecular weight excluding hydrogens is 373 g/mol. The van der Waals surface area contributed by atoms with Crippen LogP contribution in [0.25, 0.3) is 0 Å². The number of halogens is 2. The third-order valence-corrected chi connectivity index (χ3v) is 4.13. The monoisotopic (exact) mass is 385 g/mol. The Morgan fingerprint density at radius 1 is 1.45 bits per heavy atom. The highest BCUT2D eigenvalue weighted by Crippen LogP contribution is 2.20. The second-order valence-corrected chi connectivity index (χ2v) is 5.67. The lowest BCUT2D eigenvalue weighted by molar-refractivity contribution is 0.0948. The van der Waals surface area contributed by atoms with Gasteiger partial charge in [-0.15, -0.1) is 0 Å². The number of aromatic nitrogens is 2. The van der Waals surface area contributed by atoms with Crippen LogP contribution in [0.1, 0.15) is 16.2 Å². The molecule has 2 rings (SSSR count). The van der Waals surface area contributed by atoms with Crippen molar-refractivity contribution in [1.29, 1.82) is 0 Å². The fourth-order valence-corrected chi connectivity index (χ4v) is 2.39. The molecule has 0 radical (unpaired) electrons. The van der Waals surface area contributed by atoms with Crippen LogP contribution in [0.3, 0.4) is 0 Å². The molecule has 0 unspecified atom stereocenters. The van der Waals surface area contributed by atoms with Crippen molar-refractivity contribution in [2.45, 2.75) is 6.92 Å². The molecule has 0 aliphatic rings. The van der Waals surface area contributed by atoms with Crippen LogP contribution in [-0.4, -0.2) is 20.8 Å². The van der Waals surface area contributed by atoms with Gasteiger partial charge in [0.05, 0.1) is 15.9 Å². The lowest BCUT2D eigenvalue weighted by atomic mass is 10.3. The fraction of sp³-hybridized carbons (Fsp3) is 0.154. The van der Waals surface area contributed by atoms with E-state index >= 15 is 0 Å². The van der Waals surface area contributed by atoms with Gasteiger partial charge in [0.2, 0.25) is 0 Å². The van der Waals surface area contributed by atoms with Crippen LogP contribution in [0.4, 0.5) is 10.1 Å². The summed E-state index contributed by atoms with van der Waals surface area (Å²) in [7, 11) is 1.72. The number of carbonyl (C=O) groups is 1. The second-order valence-electron chi connectivity index (χ2n) is 4.46. The van der Waals surface area contributed by atoms with Crippen LogP contribution in [0, 0.1) is 12.7 Å². The van der Waals surface area contributed by atoms with E-state index in [1.54, 1.807) is 11.7 Å². The van der Waals surface area contributed by atoms with Crippen LogP contribution < -0.4 is 16.2 Å². The Labute approximate surface area is 140 Å². The molecule has 116 valence electrons. The first-order chi connectivity index (χ1) is 10.3. The van der Waals surface area contributed by atoms with Crippen LogP contribution in [0.15, 0.2) is 28.7 Å². The summed E-state index contributed by atoms with van der Waals surface area (Å²) in [5.74, 6) is -0.895. The smallest absolute Gasteiger partial charge is 0.291 e. The van der Waals surface area contributed by atoms with Gasteiger partial charge in [-0.25, -0.2) is 9.40 Å². The summed E-state index contributed by atoms with van der Waals surface area (Å²) in [5.41, 5.74) is 9.60. The molecule has 6 nitrogen and oxygen atoms in total. The molecule has 0 spiro atoms. The molecule has 3 N–H and O–H groups in total. The molecule has 1 amide bonds. The highest BCUT2D eigenvalue weighted by atomic mass is 79.9. The Morgan fingerprint density at radius 3 is 2.50 bits per heavy atom. The normalized spacial score (nSPS) is 10.4. The molecule has 2 aromatic rings. The van der Waals surface area contributed by atoms with Crippen LogP contribution in [-0.2, 0) is 7.05 Å². The summed E-state index contributed by atoms with van der Waals surface area (Å²) >= 11 is 8.24. The molecule has 1 aromatic carbocycles. The zero-order chi connectivity index (χ0) is 16.4. The van der Waals surface area contributed by atoms with E-state index in [4.69, 9.17) is 18.0 Å². The van der Waals surface area contributed by atoms with E-state index < -0.39 is 11.7 Å². The maximum Gasteiger partial charge on any atom is 0.291 e. The lowest BCUT2D eigenvalue weighted by Crippen LogP contribution is -2.49. The first-order valence-electron chi connectivity index (χ1n) is 6.16. The summed E-state index contributed by atoms with van der Waals surface area (Å²) in [6.45, 7) is 1.82. The van der Waals surface area contributed by atoms with E-state index in [0.717, 1.165) is 5.69 Å². The Bertz CT molecular complexity index is 731. The third kappa shape index (κ3) is 3.25. The number of nitrogens with two attached hydrogens (primary N) is 1. The van der Waals surface area contributed by atoms with Crippen molar-refractivity contribution in [3.63, 3.8) is 0 Å². The minimum absolute atomic E-state index is 0.0799. The van der Waals surface area contributed by atoms with Gasteiger partial charge in [0.15, 0.2) is 10.8 Å². The third-order valence-electron chi connectivity index (χ3n) is 2.99. The zero-order valence-electron chi connectivity index (χ0n) is 11.8. The molecule has 0 atom stereocenters. The number of hydrazine groups is 1. The minimum Gasteiger partial charge on any atom is -0.374 e. The quantitative estimate of drug-likeness (QED) is 0.610. The van der Waals surface area contributed by atoms with E-state index in [0.29, 0.717) is 10.2 Å². The van der Waals surface area contributed by atoms with E-state index in [1.165, 1.54) is 29.3 Å². The number of nitrogens with zero attached hydrogens (tertiary/aromatic N) is 3. The average Bonchev–Trinajstić information content (AvgIpc) is 2.73. The summed E-state index contributed by atoms with van der Waals surface area (Å²) in [5, 5.41) is 5.23. The Hall–Kier alpha value is -2.00. The van der Waals surface area contributed by atoms with Gasteiger partial charge in [-0.2, -0.15) is 5.10 Å². The SMILES string of the molecule is Cc1c(Br)c(C(=O)NN(C(N)=S)c2ccc(F)cc2)nn1C. The number of benzene rings is 1. The molecular formula is C13H13BrFN5OS. The van der Waals surface area contributed by atoms with Crippen LogP contribution >= 0.6 is 28.1 Å². The predicted octanol–water partition coefficient (Wildman–Crippen LogP) is 2.03. The molecule has 0 aliphatic carbocycles. The molecule has 0 saturated carbocycles. The van der Waals surface area contributed by atoms with Gasteiger partial charge >= 0.3 is 0 Å². The number of hydrogen-bond acceptors (Lipinski definition) is 3. The number of hydrogen-bond donors (Lipinski definition) is 2. The van der Waals surface area contributed by atoms with Gasteiger partial charge in [-0.1, -0.05) is 0 Å². The molecule has 0 saturated heterocycles. The topological polar surface area (TPSA) is 76.2 Å². The van der Waals surface area contributed by atoms with Crippen molar-refractivity contribution < 1.29 is 9.18 Å². The van der Waals surface area contributed by atoms with Crippen molar-refractivity contribution in [1.82, 2.24) is 15.2 Å². The summed E-state index contributed by atoms with van der Waals surface area (Å²) in [6, 6.07) is 5.39. The van der Waals surface area contributed by atoms with E-state index in [1.807, 2.05) is 6.92 Å². The van der Waals surface area contributed by atoms with Gasteiger partial charge in [-0.05, 0) is 59.3 Å². The van der Waals surface area contributed by atoms with E-state index in [9.17, 15) is 9.18 Å². The van der Waals surface area contributed by atoms with Crippen LogP contribution in [0.5, 0.6) is 0 Å². The molecule has 1 heterocycles. The van der Waals surface area contributed by atoms with Gasteiger partial charge in [0.25, 0.3) is 5.91 Å². The van der Waals surface area contributed by atoms with Crippen molar-refractivity contribution >= 4 is 44.9 Å². The second kappa shape index (κ2) is 6.41. The van der Waals surface area contributed by atoms with Gasteiger partial charge in [-0.3, -0.25) is 14.9 Å². The van der Waals surface area contributed by atoms with Gasteiger partial charge in [0, 0.05) is 7.05 Å². The number of nitrogens with one attached hydrogen (secondary N) is 1. The molecule has 22 heavy (non-hydrogen) atoms. The Balaban J connectivity index is 2.28. The predicted molar refractivity (Wildman–Crippen MR) is 88.8 cm³/mol. The molecule has 9 heteroatoms. The molecule has 0 aliphatic heterocycles. The van der Waals surface area contributed by atoms with Gasteiger partial charge in [0.1, 0.15) is 5.82 Å². The van der Waals surface area contributed by atoms with Crippen molar-refractivity contribution in [3.8, 4) is 0 Å². The summed E-state index contributed by atoms with van der Waals surface area (Å²) in [6.07, 6.45) is 0. The Morgan fingerprint density at radius 2 is 2.05 bits per heavy atom. The fourth-order valence-electron chi connectivity index (χ4n) is 1.72. The summed E-state index contributed by atoms with van der Waals surface area (Å²) < 4.78 is 15.1. The first kappa shape index (κ1) is 16.4. The van der Waals surface area contributed by atoms with E-state index in [-0.39, 0.29) is 10.8 Å². The number of thiocarbonyl (C=S) groups is 1. The number of rotatable bonds is 2. The maximum atomic E-state index is 13.0. The number of aryl methyl sites for hydroxylation is 1. The highest BCUT2D eigenvalue weighted by molar-refractivity contribution is 9.10. The Kier molecular flexibility index (Phi) is 4.77. The standard InChI is InChI=1S/C13H13BrFN5OS/c1-7-10(14)11(17-19(7)2)12(21)18-20(13(16)22)9-5-3-8(15)4-6-9/h3-6H,1-2H3,(H2,16,22)(H,18,21). The number of amides is 1. The number of carbonyl (C=O) groups excluding carboxylic acids is 1. The molecule has 0 fully saturated rings. The largest absolute Gasteiger partial charge is 0.374 e. The minimum atomic E-state index is -0.493. The van der Waals surface area contributed by atoms with Crippen LogP contribution in [0.2, 0.25) is 0 Å². The maximum absolute atomic E-state index is 13.0. The van der Waals surface area contributed by atoms with Crippen molar-refractivity contribution in [3.05, 3.63) is 45.9 Å². The number of anilines is 1. The van der Waals surface area contributed by atoms with Crippen molar-refractivity contribution in [2.75, 3.05) is 5.01 Å². The summed E-state index contributed by atoms with van der Waals surface area (Å²) in [4.78, 5) is 12.3. The molecule has 1 aromatic heterocycles. The molecule has 0 bridgehead atoms. The van der Waals surface area contributed by atoms with Crippen molar-refractivity contribution in [2.24, 2.45) is 12.8 Å². The average molecular weight is 386 g/mol. The van der Waals surface area contributed by atoms with E-state index in [2.05, 4.69) is 26.5 Å². The zero-order valence-corrected chi connectivity index (χ0v) is 14.2. The highest BCUT2D eigenvalue weighted by Gasteiger charge is 2.21. The first-order valence-corrected chi connectivity index (χ1v) is 7.36. The lowest BCUT2D eigenvalue weighted by Gasteiger charge is -2.22. The van der Waals surface area contributed by atoms with Gasteiger partial charge < -0.3 is 5.73 Å².